The van der Waals surface area contributed by atoms with Crippen LogP contribution in [0.1, 0.15) is 12.5 Å². The maximum atomic E-state index is 12.9. The van der Waals surface area contributed by atoms with Gasteiger partial charge in [-0.2, -0.15) is 5.26 Å². The van der Waals surface area contributed by atoms with Crippen molar-refractivity contribution in [3.8, 4) is 11.8 Å². The van der Waals surface area contributed by atoms with Gasteiger partial charge >= 0.3 is 0 Å². The molecular formula is C18H13Br2FN2O2. The number of carbonyl (C=O) groups is 1. The second-order valence-corrected chi connectivity index (χ2v) is 6.59. The summed E-state index contributed by atoms with van der Waals surface area (Å²) in [5.74, 6) is -0.331. The molecule has 2 rings (SSSR count). The first kappa shape index (κ1) is 19.2. The minimum atomic E-state index is -0.574. The van der Waals surface area contributed by atoms with Crippen molar-refractivity contribution < 1.29 is 13.9 Å². The molecule has 4 nitrogen and oxygen atoms in total. The molecule has 0 saturated heterocycles. The number of hydrogen-bond acceptors (Lipinski definition) is 3. The maximum Gasteiger partial charge on any atom is 0.266 e. The molecule has 0 atom stereocenters. The number of nitrogens with one attached hydrogen (secondary N) is 1. The molecule has 0 radical (unpaired) electrons. The third-order valence-electron chi connectivity index (χ3n) is 3.09. The Hall–Kier alpha value is -2.17. The van der Waals surface area contributed by atoms with Gasteiger partial charge in [-0.05, 0) is 86.8 Å². The first-order chi connectivity index (χ1) is 11.9. The average molecular weight is 468 g/mol. The number of benzene rings is 2. The van der Waals surface area contributed by atoms with Crippen LogP contribution in [0.2, 0.25) is 0 Å². The van der Waals surface area contributed by atoms with E-state index in [-0.39, 0.29) is 5.57 Å². The van der Waals surface area contributed by atoms with Gasteiger partial charge in [0.05, 0.1) is 15.6 Å². The van der Waals surface area contributed by atoms with E-state index in [1.807, 2.05) is 13.0 Å². The summed E-state index contributed by atoms with van der Waals surface area (Å²) in [6.07, 6.45) is 1.46. The lowest BCUT2D eigenvalue weighted by Gasteiger charge is -2.10. The van der Waals surface area contributed by atoms with E-state index in [9.17, 15) is 14.4 Å². The van der Waals surface area contributed by atoms with Crippen LogP contribution in [0.15, 0.2) is 50.9 Å². The Morgan fingerprint density at radius 1 is 1.28 bits per heavy atom. The van der Waals surface area contributed by atoms with Gasteiger partial charge in [-0.1, -0.05) is 0 Å². The van der Waals surface area contributed by atoms with Gasteiger partial charge in [-0.3, -0.25) is 4.79 Å². The monoisotopic (exact) mass is 466 g/mol. The topological polar surface area (TPSA) is 62.1 Å². The van der Waals surface area contributed by atoms with E-state index in [1.165, 1.54) is 30.3 Å². The number of anilines is 1. The Labute approximate surface area is 161 Å². The summed E-state index contributed by atoms with van der Waals surface area (Å²) < 4.78 is 19.8. The third kappa shape index (κ3) is 5.15. The summed E-state index contributed by atoms with van der Waals surface area (Å²) in [4.78, 5) is 12.2. The van der Waals surface area contributed by atoms with Crippen LogP contribution in [0.5, 0.6) is 5.75 Å². The summed E-state index contributed by atoms with van der Waals surface area (Å²) in [6.45, 7) is 2.39. The van der Waals surface area contributed by atoms with E-state index < -0.39 is 11.7 Å². The first-order valence-electron chi connectivity index (χ1n) is 7.25. The number of carbonyl (C=O) groups excluding carboxylic acids is 1. The molecule has 0 aromatic heterocycles. The fourth-order valence-electron chi connectivity index (χ4n) is 1.99. The first-order valence-corrected chi connectivity index (χ1v) is 8.83. The van der Waals surface area contributed by atoms with Crippen LogP contribution in [0, 0.1) is 17.1 Å². The highest BCUT2D eigenvalue weighted by atomic mass is 79.9. The zero-order valence-corrected chi connectivity index (χ0v) is 16.3. The molecule has 2 aromatic carbocycles. The van der Waals surface area contributed by atoms with Crippen molar-refractivity contribution in [3.63, 3.8) is 0 Å². The van der Waals surface area contributed by atoms with E-state index in [2.05, 4.69) is 37.2 Å². The van der Waals surface area contributed by atoms with Crippen molar-refractivity contribution in [3.05, 3.63) is 62.3 Å². The number of ether oxygens (including phenoxy) is 1. The number of halogens is 3. The Balaban J connectivity index is 2.26. The van der Waals surface area contributed by atoms with Gasteiger partial charge in [0.25, 0.3) is 5.91 Å². The molecule has 0 spiro atoms. The SMILES string of the molecule is CCOc1c(Br)cc(/C=C(\C#N)C(=O)Nc2ccc(F)cc2)cc1Br. The smallest absolute Gasteiger partial charge is 0.266 e. The molecule has 0 unspecified atom stereocenters. The zero-order chi connectivity index (χ0) is 18.4. The molecule has 0 heterocycles. The van der Waals surface area contributed by atoms with Gasteiger partial charge in [-0.25, -0.2) is 4.39 Å². The van der Waals surface area contributed by atoms with Gasteiger partial charge in [0.2, 0.25) is 0 Å². The fraction of sp³-hybridized carbons (Fsp3) is 0.111. The third-order valence-corrected chi connectivity index (χ3v) is 4.27. The quantitative estimate of drug-likeness (QED) is 0.479. The molecule has 0 fully saturated rings. The predicted octanol–water partition coefficient (Wildman–Crippen LogP) is 5.30. The summed E-state index contributed by atoms with van der Waals surface area (Å²) in [6, 6.07) is 10.7. The molecule has 2 aromatic rings. The van der Waals surface area contributed by atoms with Crippen LogP contribution in [-0.4, -0.2) is 12.5 Å². The van der Waals surface area contributed by atoms with Crippen molar-refractivity contribution in [2.75, 3.05) is 11.9 Å². The van der Waals surface area contributed by atoms with E-state index in [0.29, 0.717) is 32.6 Å². The van der Waals surface area contributed by atoms with Crippen LogP contribution in [-0.2, 0) is 4.79 Å². The fourth-order valence-corrected chi connectivity index (χ4v) is 3.44. The van der Waals surface area contributed by atoms with Gasteiger partial charge < -0.3 is 10.1 Å². The predicted molar refractivity (Wildman–Crippen MR) is 102 cm³/mol. The largest absolute Gasteiger partial charge is 0.492 e. The van der Waals surface area contributed by atoms with Gasteiger partial charge in [0, 0.05) is 5.69 Å². The molecule has 0 aliphatic carbocycles. The minimum absolute atomic E-state index is 0.0766. The number of amides is 1. The van der Waals surface area contributed by atoms with Crippen LogP contribution in [0.4, 0.5) is 10.1 Å². The van der Waals surface area contributed by atoms with Gasteiger partial charge in [-0.15, -0.1) is 0 Å². The molecule has 0 aliphatic heterocycles. The Morgan fingerprint density at radius 2 is 1.88 bits per heavy atom. The Morgan fingerprint density at radius 3 is 2.40 bits per heavy atom. The van der Waals surface area contributed by atoms with Gasteiger partial charge in [0.15, 0.2) is 0 Å². The molecule has 128 valence electrons. The maximum absolute atomic E-state index is 12.9. The highest BCUT2D eigenvalue weighted by molar-refractivity contribution is 9.11. The summed E-state index contributed by atoms with van der Waals surface area (Å²) >= 11 is 6.81. The molecule has 0 saturated carbocycles. The van der Waals surface area contributed by atoms with Gasteiger partial charge in [0.1, 0.15) is 23.2 Å². The number of nitrogens with zero attached hydrogens (tertiary/aromatic N) is 1. The normalized spacial score (nSPS) is 10.9. The average Bonchev–Trinajstić information content (AvgIpc) is 2.58. The highest BCUT2D eigenvalue weighted by Crippen LogP contribution is 2.35. The standard InChI is InChI=1S/C18H13Br2FN2O2/c1-2-25-17-15(19)8-11(9-16(17)20)7-12(10-22)18(24)23-14-5-3-13(21)4-6-14/h3-9H,2H2,1H3,(H,23,24)/b12-7+. The highest BCUT2D eigenvalue weighted by Gasteiger charge is 2.12. The van der Waals surface area contributed by atoms with E-state index in [0.717, 1.165) is 0 Å². The van der Waals surface area contributed by atoms with Crippen LogP contribution >= 0.6 is 31.9 Å². The number of hydrogen-bond donors (Lipinski definition) is 1. The Bertz CT molecular complexity index is 835. The van der Waals surface area contributed by atoms with Crippen molar-refractivity contribution in [2.45, 2.75) is 6.92 Å². The number of nitriles is 1. The van der Waals surface area contributed by atoms with Crippen molar-refractivity contribution in [1.29, 1.82) is 5.26 Å². The lowest BCUT2D eigenvalue weighted by molar-refractivity contribution is -0.112. The summed E-state index contributed by atoms with van der Waals surface area (Å²) in [7, 11) is 0. The summed E-state index contributed by atoms with van der Waals surface area (Å²) in [5, 5.41) is 11.8. The minimum Gasteiger partial charge on any atom is -0.492 e. The molecule has 1 amide bonds. The Kier molecular flexibility index (Phi) is 6.73. The molecule has 7 heteroatoms. The molecule has 25 heavy (non-hydrogen) atoms. The molecule has 0 bridgehead atoms. The lowest BCUT2D eigenvalue weighted by atomic mass is 10.1. The summed E-state index contributed by atoms with van der Waals surface area (Å²) in [5.41, 5.74) is 0.974. The van der Waals surface area contributed by atoms with Crippen molar-refractivity contribution in [1.82, 2.24) is 0 Å². The molecule has 1 N–H and O–H groups in total. The van der Waals surface area contributed by atoms with E-state index >= 15 is 0 Å². The lowest BCUT2D eigenvalue weighted by Crippen LogP contribution is -2.13. The van der Waals surface area contributed by atoms with E-state index in [4.69, 9.17) is 4.74 Å². The molecule has 0 aliphatic rings. The van der Waals surface area contributed by atoms with E-state index in [1.54, 1.807) is 12.1 Å². The van der Waals surface area contributed by atoms with Crippen molar-refractivity contribution in [2.24, 2.45) is 0 Å². The van der Waals surface area contributed by atoms with Crippen LogP contribution in [0.25, 0.3) is 6.08 Å². The second kappa shape index (κ2) is 8.79. The second-order valence-electron chi connectivity index (χ2n) is 4.88. The number of rotatable bonds is 5. The van der Waals surface area contributed by atoms with Crippen LogP contribution in [0.3, 0.4) is 0 Å². The zero-order valence-electron chi connectivity index (χ0n) is 13.1. The molecular weight excluding hydrogens is 455 g/mol. The van der Waals surface area contributed by atoms with Crippen LogP contribution < -0.4 is 10.1 Å². The van der Waals surface area contributed by atoms with Crippen molar-refractivity contribution >= 4 is 49.5 Å².